The Labute approximate surface area is 130 Å². The molecule has 3 nitrogen and oxygen atoms in total. The van der Waals surface area contributed by atoms with E-state index in [4.69, 9.17) is 0 Å². The Morgan fingerprint density at radius 1 is 1.33 bits per heavy atom. The molecule has 1 N–H and O–H groups in total. The van der Waals surface area contributed by atoms with Gasteiger partial charge in [-0.05, 0) is 49.5 Å². The number of aryl methyl sites for hydroxylation is 2. The van der Waals surface area contributed by atoms with Crippen molar-refractivity contribution in [2.24, 2.45) is 24.3 Å². The molecule has 0 aromatic carbocycles. The molecule has 0 radical (unpaired) electrons. The quantitative estimate of drug-likeness (QED) is 0.894. The monoisotopic (exact) mass is 291 g/mol. The molecule has 1 aromatic rings. The Balaban J connectivity index is 1.98. The fourth-order valence-corrected chi connectivity index (χ4v) is 3.85. The van der Waals surface area contributed by atoms with Crippen LogP contribution in [-0.4, -0.2) is 22.1 Å². The number of nitrogens with one attached hydrogen (secondary N) is 1. The smallest absolute Gasteiger partial charge is 0.108 e. The van der Waals surface area contributed by atoms with Crippen LogP contribution >= 0.6 is 0 Å². The molecule has 0 bridgehead atoms. The van der Waals surface area contributed by atoms with Crippen molar-refractivity contribution in [3.63, 3.8) is 0 Å². The second-order valence-corrected chi connectivity index (χ2v) is 7.79. The summed E-state index contributed by atoms with van der Waals surface area (Å²) in [5.74, 6) is 2.88. The van der Waals surface area contributed by atoms with Gasteiger partial charge in [-0.1, -0.05) is 27.7 Å². The first kappa shape index (κ1) is 16.5. The molecule has 0 aliphatic heterocycles. The van der Waals surface area contributed by atoms with Crippen LogP contribution in [-0.2, 0) is 13.5 Å². The molecule has 0 amide bonds. The van der Waals surface area contributed by atoms with Gasteiger partial charge in [0.25, 0.3) is 0 Å². The molecule has 1 heterocycles. The van der Waals surface area contributed by atoms with E-state index in [2.05, 4.69) is 55.8 Å². The van der Waals surface area contributed by atoms with Crippen LogP contribution in [0.15, 0.2) is 12.4 Å². The van der Waals surface area contributed by atoms with Crippen molar-refractivity contribution in [1.29, 1.82) is 0 Å². The van der Waals surface area contributed by atoms with Crippen LogP contribution in [0.3, 0.4) is 0 Å². The number of nitrogens with zero attached hydrogens (tertiary/aromatic N) is 2. The van der Waals surface area contributed by atoms with Gasteiger partial charge in [-0.15, -0.1) is 0 Å². The molecule has 3 atom stereocenters. The average Bonchev–Trinajstić information content (AvgIpc) is 2.82. The van der Waals surface area contributed by atoms with Gasteiger partial charge in [0.2, 0.25) is 0 Å². The third-order valence-corrected chi connectivity index (χ3v) is 5.33. The summed E-state index contributed by atoms with van der Waals surface area (Å²) in [6, 6.07) is 0.703. The Morgan fingerprint density at radius 2 is 2.10 bits per heavy atom. The Hall–Kier alpha value is -0.830. The third kappa shape index (κ3) is 4.32. The Morgan fingerprint density at radius 3 is 2.67 bits per heavy atom. The first-order valence-electron chi connectivity index (χ1n) is 8.61. The maximum absolute atomic E-state index is 4.48. The minimum absolute atomic E-state index is 0.443. The van der Waals surface area contributed by atoms with Gasteiger partial charge in [-0.2, -0.15) is 0 Å². The first-order chi connectivity index (χ1) is 9.91. The molecule has 3 heteroatoms. The summed E-state index contributed by atoms with van der Waals surface area (Å²) in [4.78, 5) is 4.48. The zero-order chi connectivity index (χ0) is 15.5. The highest BCUT2D eigenvalue weighted by molar-refractivity contribution is 4.94. The fourth-order valence-electron chi connectivity index (χ4n) is 3.85. The highest BCUT2D eigenvalue weighted by atomic mass is 15.0. The summed E-state index contributed by atoms with van der Waals surface area (Å²) in [6.07, 6.45) is 10.4. The second-order valence-electron chi connectivity index (χ2n) is 7.79. The highest BCUT2D eigenvalue weighted by Gasteiger charge is 2.35. The predicted molar refractivity (Wildman–Crippen MR) is 89.3 cm³/mol. The van der Waals surface area contributed by atoms with E-state index in [1.807, 2.05) is 6.20 Å². The lowest BCUT2D eigenvalue weighted by Gasteiger charge is -2.42. The van der Waals surface area contributed by atoms with Crippen LogP contribution < -0.4 is 5.32 Å². The van der Waals surface area contributed by atoms with Crippen molar-refractivity contribution < 1.29 is 0 Å². The zero-order valence-electron chi connectivity index (χ0n) is 14.5. The van der Waals surface area contributed by atoms with Crippen molar-refractivity contribution in [2.45, 2.75) is 65.8 Å². The van der Waals surface area contributed by atoms with Crippen LogP contribution in [0.2, 0.25) is 0 Å². The van der Waals surface area contributed by atoms with Crippen LogP contribution in [0, 0.1) is 17.3 Å². The molecular formula is C18H33N3. The van der Waals surface area contributed by atoms with Crippen molar-refractivity contribution in [3.05, 3.63) is 18.2 Å². The molecule has 0 saturated heterocycles. The molecule has 0 spiro atoms. The van der Waals surface area contributed by atoms with Crippen molar-refractivity contribution in [3.8, 4) is 0 Å². The van der Waals surface area contributed by atoms with Gasteiger partial charge < -0.3 is 9.88 Å². The van der Waals surface area contributed by atoms with Gasteiger partial charge in [0.05, 0.1) is 0 Å². The zero-order valence-corrected chi connectivity index (χ0v) is 14.5. The molecule has 120 valence electrons. The fraction of sp³-hybridized carbons (Fsp3) is 0.833. The summed E-state index contributed by atoms with van der Waals surface area (Å²) in [5.41, 5.74) is 0.443. The van der Waals surface area contributed by atoms with E-state index in [0.717, 1.165) is 24.8 Å². The van der Waals surface area contributed by atoms with Crippen molar-refractivity contribution >= 4 is 0 Å². The highest BCUT2D eigenvalue weighted by Crippen LogP contribution is 2.41. The molecule has 2 rings (SSSR count). The summed E-state index contributed by atoms with van der Waals surface area (Å²) in [7, 11) is 2.10. The second kappa shape index (κ2) is 6.95. The maximum Gasteiger partial charge on any atom is 0.108 e. The normalized spacial score (nSPS) is 27.0. The lowest BCUT2D eigenvalue weighted by Crippen LogP contribution is -2.43. The van der Waals surface area contributed by atoms with Crippen molar-refractivity contribution in [2.75, 3.05) is 6.54 Å². The number of hydrogen-bond acceptors (Lipinski definition) is 2. The van der Waals surface area contributed by atoms with Gasteiger partial charge in [-0.3, -0.25) is 0 Å². The van der Waals surface area contributed by atoms with Crippen LogP contribution in [0.1, 0.15) is 59.2 Å². The number of rotatable bonds is 5. The predicted octanol–water partition coefficient (Wildman–Crippen LogP) is 3.79. The molecule has 21 heavy (non-hydrogen) atoms. The molecule has 1 fully saturated rings. The van der Waals surface area contributed by atoms with Gasteiger partial charge in [0.1, 0.15) is 5.82 Å². The average molecular weight is 291 g/mol. The summed E-state index contributed by atoms with van der Waals surface area (Å²) in [6.45, 7) is 10.5. The summed E-state index contributed by atoms with van der Waals surface area (Å²) in [5, 5.41) is 3.72. The molecule has 1 aliphatic rings. The van der Waals surface area contributed by atoms with E-state index in [-0.39, 0.29) is 0 Å². The van der Waals surface area contributed by atoms with Crippen LogP contribution in [0.4, 0.5) is 0 Å². The summed E-state index contributed by atoms with van der Waals surface area (Å²) < 4.78 is 2.16. The third-order valence-electron chi connectivity index (χ3n) is 5.33. The van der Waals surface area contributed by atoms with E-state index in [9.17, 15) is 0 Å². The van der Waals surface area contributed by atoms with E-state index in [1.165, 1.54) is 31.5 Å². The molecule has 1 saturated carbocycles. The van der Waals surface area contributed by atoms with Crippen molar-refractivity contribution in [1.82, 2.24) is 14.9 Å². The molecule has 1 aliphatic carbocycles. The summed E-state index contributed by atoms with van der Waals surface area (Å²) >= 11 is 0. The van der Waals surface area contributed by atoms with Gasteiger partial charge in [-0.25, -0.2) is 4.98 Å². The number of aromatic nitrogens is 2. The lowest BCUT2D eigenvalue weighted by molar-refractivity contribution is 0.110. The largest absolute Gasteiger partial charge is 0.338 e. The van der Waals surface area contributed by atoms with E-state index < -0.39 is 0 Å². The van der Waals surface area contributed by atoms with E-state index in [1.54, 1.807) is 0 Å². The molecule has 1 aromatic heterocycles. The Kier molecular flexibility index (Phi) is 5.48. The number of imidazole rings is 1. The SMILES string of the molecule is CCNC1CCC(C(C)(C)C)CC1CCc1nccn1C. The molecule has 3 unspecified atom stereocenters. The van der Waals surface area contributed by atoms with Crippen LogP contribution in [0.25, 0.3) is 0 Å². The van der Waals surface area contributed by atoms with E-state index >= 15 is 0 Å². The van der Waals surface area contributed by atoms with Gasteiger partial charge in [0.15, 0.2) is 0 Å². The van der Waals surface area contributed by atoms with E-state index in [0.29, 0.717) is 11.5 Å². The first-order valence-corrected chi connectivity index (χ1v) is 8.61. The maximum atomic E-state index is 4.48. The minimum atomic E-state index is 0.443. The Bertz CT molecular complexity index is 430. The van der Waals surface area contributed by atoms with Crippen LogP contribution in [0.5, 0.6) is 0 Å². The standard InChI is InChI=1S/C18H33N3/c1-6-19-16-9-8-15(18(2,3)4)13-14(16)7-10-17-20-11-12-21(17)5/h11-12,14-16,19H,6-10,13H2,1-5H3. The number of hydrogen-bond donors (Lipinski definition) is 1. The molecular weight excluding hydrogens is 258 g/mol. The minimum Gasteiger partial charge on any atom is -0.338 e. The van der Waals surface area contributed by atoms with Gasteiger partial charge >= 0.3 is 0 Å². The lowest BCUT2D eigenvalue weighted by atomic mass is 9.66. The van der Waals surface area contributed by atoms with Gasteiger partial charge in [0, 0.05) is 31.9 Å². The topological polar surface area (TPSA) is 29.9 Å².